The lowest BCUT2D eigenvalue weighted by atomic mass is 10.1. The first-order valence-electron chi connectivity index (χ1n) is 6.92. The summed E-state index contributed by atoms with van der Waals surface area (Å²) in [4.78, 5) is 2.47. The van der Waals surface area contributed by atoms with Crippen LogP contribution in [0.5, 0.6) is 0 Å². The second kappa shape index (κ2) is 5.99. The van der Waals surface area contributed by atoms with Crippen molar-refractivity contribution >= 4 is 0 Å². The highest BCUT2D eigenvalue weighted by Crippen LogP contribution is 2.38. The van der Waals surface area contributed by atoms with E-state index in [1.54, 1.807) is 0 Å². The number of nitrogens with one attached hydrogen (secondary N) is 1. The van der Waals surface area contributed by atoms with Gasteiger partial charge in [0.2, 0.25) is 0 Å². The van der Waals surface area contributed by atoms with E-state index in [-0.39, 0.29) is 0 Å². The molecule has 1 aliphatic carbocycles. The lowest BCUT2D eigenvalue weighted by Gasteiger charge is -2.22. The normalized spacial score (nSPS) is 30.2. The van der Waals surface area contributed by atoms with Gasteiger partial charge < -0.3 is 15.0 Å². The molecule has 2 fully saturated rings. The van der Waals surface area contributed by atoms with Gasteiger partial charge in [0.15, 0.2) is 0 Å². The third-order valence-corrected chi connectivity index (χ3v) is 3.95. The van der Waals surface area contributed by atoms with Gasteiger partial charge in [0, 0.05) is 25.7 Å². The molecule has 0 radical (unpaired) electrons. The van der Waals surface area contributed by atoms with E-state index in [9.17, 15) is 0 Å². The Morgan fingerprint density at radius 3 is 2.56 bits per heavy atom. The molecule has 2 aliphatic rings. The lowest BCUT2D eigenvalue weighted by molar-refractivity contribution is 0.0806. The SMILES string of the molecule is CCN(CC)CCNC1CCOC1C1CC1. The molecule has 0 aromatic carbocycles. The number of likely N-dealkylation sites (N-methyl/N-ethyl adjacent to an activating group) is 1. The molecule has 3 nitrogen and oxygen atoms in total. The van der Waals surface area contributed by atoms with Gasteiger partial charge in [-0.05, 0) is 38.3 Å². The van der Waals surface area contributed by atoms with Gasteiger partial charge in [-0.1, -0.05) is 13.8 Å². The Labute approximate surface area is 99.5 Å². The summed E-state index contributed by atoms with van der Waals surface area (Å²) in [6.45, 7) is 10.0. The fraction of sp³-hybridized carbons (Fsp3) is 1.00. The molecule has 1 saturated heterocycles. The largest absolute Gasteiger partial charge is 0.376 e. The molecule has 1 saturated carbocycles. The number of ether oxygens (including phenoxy) is 1. The summed E-state index contributed by atoms with van der Waals surface area (Å²) >= 11 is 0. The van der Waals surface area contributed by atoms with Crippen LogP contribution in [0.3, 0.4) is 0 Å². The van der Waals surface area contributed by atoms with Gasteiger partial charge in [0.1, 0.15) is 0 Å². The van der Waals surface area contributed by atoms with Crippen LogP contribution in [0.2, 0.25) is 0 Å². The Kier molecular flexibility index (Phi) is 4.62. The Morgan fingerprint density at radius 2 is 1.94 bits per heavy atom. The smallest absolute Gasteiger partial charge is 0.0756 e. The quantitative estimate of drug-likeness (QED) is 0.712. The van der Waals surface area contributed by atoms with Crippen LogP contribution >= 0.6 is 0 Å². The Hall–Kier alpha value is -0.120. The monoisotopic (exact) mass is 226 g/mol. The fourth-order valence-electron chi connectivity index (χ4n) is 2.67. The van der Waals surface area contributed by atoms with E-state index < -0.39 is 0 Å². The van der Waals surface area contributed by atoms with Crippen LogP contribution < -0.4 is 5.32 Å². The van der Waals surface area contributed by atoms with Crippen LogP contribution in [0, 0.1) is 5.92 Å². The van der Waals surface area contributed by atoms with Crippen molar-refractivity contribution in [3.05, 3.63) is 0 Å². The van der Waals surface area contributed by atoms with Crippen LogP contribution in [-0.4, -0.2) is 49.8 Å². The molecule has 0 spiro atoms. The highest BCUT2D eigenvalue weighted by Gasteiger charge is 2.40. The van der Waals surface area contributed by atoms with Crippen molar-refractivity contribution in [2.45, 2.75) is 45.3 Å². The first-order valence-corrected chi connectivity index (χ1v) is 6.92. The summed E-state index contributed by atoms with van der Waals surface area (Å²) in [5.74, 6) is 0.869. The maximum atomic E-state index is 5.82. The fourth-order valence-corrected chi connectivity index (χ4v) is 2.67. The summed E-state index contributed by atoms with van der Waals surface area (Å²) in [7, 11) is 0. The summed E-state index contributed by atoms with van der Waals surface area (Å²) in [6.07, 6.45) is 4.51. The molecule has 0 amide bonds. The first kappa shape index (κ1) is 12.3. The van der Waals surface area contributed by atoms with Crippen LogP contribution in [-0.2, 0) is 4.74 Å². The molecular formula is C13H26N2O. The van der Waals surface area contributed by atoms with Crippen LogP contribution in [0.1, 0.15) is 33.1 Å². The summed E-state index contributed by atoms with van der Waals surface area (Å²) < 4.78 is 5.82. The van der Waals surface area contributed by atoms with Crippen LogP contribution in [0.15, 0.2) is 0 Å². The van der Waals surface area contributed by atoms with Crippen molar-refractivity contribution in [1.82, 2.24) is 10.2 Å². The van der Waals surface area contributed by atoms with Gasteiger partial charge in [0.25, 0.3) is 0 Å². The van der Waals surface area contributed by atoms with E-state index in [0.717, 1.165) is 32.2 Å². The second-order valence-electron chi connectivity index (χ2n) is 5.05. The number of hydrogen-bond donors (Lipinski definition) is 1. The van der Waals surface area contributed by atoms with Crippen LogP contribution in [0.25, 0.3) is 0 Å². The average molecular weight is 226 g/mol. The molecule has 2 rings (SSSR count). The highest BCUT2D eigenvalue weighted by molar-refractivity contribution is 4.93. The van der Waals surface area contributed by atoms with Gasteiger partial charge in [-0.15, -0.1) is 0 Å². The topological polar surface area (TPSA) is 24.5 Å². The summed E-state index contributed by atoms with van der Waals surface area (Å²) in [6, 6.07) is 0.628. The molecule has 3 heteroatoms. The predicted molar refractivity (Wildman–Crippen MR) is 66.7 cm³/mol. The van der Waals surface area contributed by atoms with Gasteiger partial charge in [0.05, 0.1) is 6.10 Å². The van der Waals surface area contributed by atoms with Gasteiger partial charge in [-0.2, -0.15) is 0 Å². The minimum absolute atomic E-state index is 0.525. The first-order chi connectivity index (χ1) is 7.85. The van der Waals surface area contributed by atoms with E-state index in [4.69, 9.17) is 4.74 Å². The van der Waals surface area contributed by atoms with Crippen molar-refractivity contribution in [2.24, 2.45) is 5.92 Å². The Balaban J connectivity index is 1.64. The molecule has 0 aromatic rings. The van der Waals surface area contributed by atoms with E-state index in [1.165, 1.54) is 25.8 Å². The highest BCUT2D eigenvalue weighted by atomic mass is 16.5. The van der Waals surface area contributed by atoms with Crippen molar-refractivity contribution in [2.75, 3.05) is 32.8 Å². The lowest BCUT2D eigenvalue weighted by Crippen LogP contribution is -2.41. The zero-order valence-corrected chi connectivity index (χ0v) is 10.7. The van der Waals surface area contributed by atoms with Crippen molar-refractivity contribution in [3.63, 3.8) is 0 Å². The molecule has 1 heterocycles. The van der Waals surface area contributed by atoms with Crippen molar-refractivity contribution in [3.8, 4) is 0 Å². The molecule has 0 bridgehead atoms. The Bertz CT molecular complexity index is 202. The van der Waals surface area contributed by atoms with E-state index in [0.29, 0.717) is 12.1 Å². The molecule has 16 heavy (non-hydrogen) atoms. The maximum Gasteiger partial charge on any atom is 0.0756 e. The molecule has 94 valence electrons. The second-order valence-corrected chi connectivity index (χ2v) is 5.05. The van der Waals surface area contributed by atoms with Crippen LogP contribution in [0.4, 0.5) is 0 Å². The standard InChI is InChI=1S/C13H26N2O/c1-3-15(4-2)9-8-14-12-7-10-16-13(12)11-5-6-11/h11-14H,3-10H2,1-2H3. The maximum absolute atomic E-state index is 5.82. The number of rotatable bonds is 7. The molecular weight excluding hydrogens is 200 g/mol. The van der Waals surface area contributed by atoms with E-state index in [1.807, 2.05) is 0 Å². The van der Waals surface area contributed by atoms with Crippen molar-refractivity contribution < 1.29 is 4.74 Å². The zero-order chi connectivity index (χ0) is 11.4. The van der Waals surface area contributed by atoms with Gasteiger partial charge in [-0.25, -0.2) is 0 Å². The molecule has 1 aliphatic heterocycles. The molecule has 1 N–H and O–H groups in total. The van der Waals surface area contributed by atoms with E-state index >= 15 is 0 Å². The minimum Gasteiger partial charge on any atom is -0.376 e. The average Bonchev–Trinajstić information content (AvgIpc) is 3.05. The number of nitrogens with zero attached hydrogens (tertiary/aromatic N) is 1. The molecule has 2 unspecified atom stereocenters. The number of hydrogen-bond acceptors (Lipinski definition) is 3. The summed E-state index contributed by atoms with van der Waals surface area (Å²) in [5, 5.41) is 3.69. The third kappa shape index (κ3) is 3.19. The molecule has 2 atom stereocenters. The molecule has 0 aromatic heterocycles. The predicted octanol–water partition coefficient (Wildman–Crippen LogP) is 1.49. The van der Waals surface area contributed by atoms with E-state index in [2.05, 4.69) is 24.1 Å². The van der Waals surface area contributed by atoms with Gasteiger partial charge >= 0.3 is 0 Å². The summed E-state index contributed by atoms with van der Waals surface area (Å²) in [5.41, 5.74) is 0. The Morgan fingerprint density at radius 1 is 1.19 bits per heavy atom. The minimum atomic E-state index is 0.525. The zero-order valence-electron chi connectivity index (χ0n) is 10.7. The van der Waals surface area contributed by atoms with Gasteiger partial charge in [-0.3, -0.25) is 0 Å². The van der Waals surface area contributed by atoms with Crippen molar-refractivity contribution in [1.29, 1.82) is 0 Å². The third-order valence-electron chi connectivity index (χ3n) is 3.95.